The molecule has 6 rings (SSSR count). The zero-order chi connectivity index (χ0) is 26.9. The molecule has 0 saturated carbocycles. The molecule has 0 heterocycles. The molecule has 0 amide bonds. The minimum absolute atomic E-state index is 0.645. The molecule has 0 bridgehead atoms. The first-order chi connectivity index (χ1) is 18.4. The number of hydrogen-bond acceptors (Lipinski definition) is 0. The summed E-state index contributed by atoms with van der Waals surface area (Å²) in [6.07, 6.45) is 6.79. The molecule has 1 heteroatoms. The van der Waals surface area contributed by atoms with Gasteiger partial charge in [0.1, 0.15) is 0 Å². The molecule has 38 heavy (non-hydrogen) atoms. The van der Waals surface area contributed by atoms with Crippen LogP contribution in [0.1, 0.15) is 45.2 Å². The smallest absolute Gasteiger partial charge is 0.0771 e. The minimum Gasteiger partial charge on any atom is -0.126 e. The van der Waals surface area contributed by atoms with Crippen LogP contribution in [0.25, 0.3) is 21.5 Å². The number of rotatable bonds is 4. The Morgan fingerprint density at radius 2 is 1.08 bits per heavy atom. The van der Waals surface area contributed by atoms with Crippen molar-refractivity contribution in [2.24, 2.45) is 11.8 Å². The van der Waals surface area contributed by atoms with Gasteiger partial charge in [0.2, 0.25) is 0 Å². The van der Waals surface area contributed by atoms with Gasteiger partial charge in [0.25, 0.3) is 0 Å². The zero-order valence-electron chi connectivity index (χ0n) is 22.9. The van der Waals surface area contributed by atoms with Crippen molar-refractivity contribution in [3.8, 4) is 0 Å². The van der Waals surface area contributed by atoms with Gasteiger partial charge in [0.05, 0.1) is 0 Å². The van der Waals surface area contributed by atoms with Gasteiger partial charge in [-0.2, -0.15) is 5.57 Å². The third kappa shape index (κ3) is 7.30. The van der Waals surface area contributed by atoms with Gasteiger partial charge in [-0.05, 0) is 5.92 Å². The van der Waals surface area contributed by atoms with Gasteiger partial charge >= 0.3 is 99.2 Å². The van der Waals surface area contributed by atoms with Crippen molar-refractivity contribution in [3.05, 3.63) is 150 Å². The number of fused-ring (bicyclic) bond motifs is 3. The van der Waals surface area contributed by atoms with E-state index in [0.717, 1.165) is 6.42 Å². The molecule has 0 radical (unpaired) electrons. The van der Waals surface area contributed by atoms with E-state index in [9.17, 15) is 0 Å². The van der Waals surface area contributed by atoms with Crippen LogP contribution in [0.3, 0.4) is 0 Å². The first kappa shape index (κ1) is 28.0. The van der Waals surface area contributed by atoms with Crippen LogP contribution in [-0.2, 0) is 24.2 Å². The first-order valence-electron chi connectivity index (χ1n) is 13.5. The van der Waals surface area contributed by atoms with Crippen molar-refractivity contribution in [1.82, 2.24) is 0 Å². The Kier molecular flexibility index (Phi) is 10.1. The Balaban J connectivity index is 0.000000134. The van der Waals surface area contributed by atoms with E-state index in [2.05, 4.69) is 155 Å². The average Bonchev–Trinajstić information content (AvgIpc) is 3.60. The fourth-order valence-corrected chi connectivity index (χ4v) is 5.35. The second-order valence-electron chi connectivity index (χ2n) is 10.3. The van der Waals surface area contributed by atoms with Crippen molar-refractivity contribution in [3.63, 3.8) is 0 Å². The molecular weight excluding hydrogens is 536 g/mol. The Labute approximate surface area is 243 Å². The molecule has 0 aromatic heterocycles. The van der Waals surface area contributed by atoms with Crippen molar-refractivity contribution in [2.75, 3.05) is 0 Å². The van der Waals surface area contributed by atoms with Crippen molar-refractivity contribution in [2.45, 2.75) is 34.1 Å². The quantitative estimate of drug-likeness (QED) is 0.188. The van der Waals surface area contributed by atoms with Gasteiger partial charge in [-0.15, -0.1) is 46.2 Å². The van der Waals surface area contributed by atoms with E-state index in [0.29, 0.717) is 11.8 Å². The van der Waals surface area contributed by atoms with Gasteiger partial charge in [-0.1, -0.05) is 70.0 Å². The number of hydrogen-bond donors (Lipinski definition) is 0. The largest absolute Gasteiger partial charge is 0.126 e. The van der Waals surface area contributed by atoms with E-state index < -0.39 is 0 Å². The predicted octanol–water partition coefficient (Wildman–Crippen LogP) is 9.87. The van der Waals surface area contributed by atoms with Crippen LogP contribution < -0.4 is 0 Å². The van der Waals surface area contributed by atoms with Gasteiger partial charge < -0.3 is 0 Å². The first-order valence-corrected chi connectivity index (χ1v) is 14.7. The summed E-state index contributed by atoms with van der Waals surface area (Å²) in [6.45, 7) is 8.94. The summed E-state index contributed by atoms with van der Waals surface area (Å²) in [5.74, 6) is 1.34. The van der Waals surface area contributed by atoms with Gasteiger partial charge in [-0.3, -0.25) is 6.08 Å². The molecule has 188 valence electrons. The third-order valence-electron chi connectivity index (χ3n) is 6.85. The summed E-state index contributed by atoms with van der Waals surface area (Å²) in [6, 6.07) is 40.4. The minimum atomic E-state index is 0.645. The second kappa shape index (κ2) is 13.7. The SMILES string of the molecule is CC(C)C1=[C-]CC(C(C)C)=C1.[Zr+2]=[C](c1ccccc1)c1ccccc1.c1ccc2c(c1)[cH-]c1ccccc12. The topological polar surface area (TPSA) is 0 Å². The molecule has 1 aliphatic carbocycles. The molecule has 0 saturated heterocycles. The van der Waals surface area contributed by atoms with E-state index in [-0.39, 0.29) is 0 Å². The normalized spacial score (nSPS) is 12.5. The number of benzene rings is 4. The van der Waals surface area contributed by atoms with E-state index >= 15 is 0 Å². The van der Waals surface area contributed by atoms with Crippen LogP contribution >= 0.6 is 0 Å². The summed E-state index contributed by atoms with van der Waals surface area (Å²) in [7, 11) is 0. The summed E-state index contributed by atoms with van der Waals surface area (Å²) in [5, 5.41) is 5.39. The van der Waals surface area contributed by atoms with E-state index in [4.69, 9.17) is 0 Å². The molecule has 0 atom stereocenters. The summed E-state index contributed by atoms with van der Waals surface area (Å²) < 4.78 is 1.42. The molecule has 0 unspecified atom stereocenters. The third-order valence-corrected chi connectivity index (χ3v) is 8.27. The molecule has 5 aromatic rings. The van der Waals surface area contributed by atoms with Gasteiger partial charge in [0.15, 0.2) is 0 Å². The molecule has 0 spiro atoms. The van der Waals surface area contributed by atoms with E-state index in [1.807, 2.05) is 0 Å². The molecule has 0 nitrogen and oxygen atoms in total. The second-order valence-corrected chi connectivity index (χ2v) is 11.5. The Morgan fingerprint density at radius 1 is 0.632 bits per heavy atom. The Morgan fingerprint density at radius 3 is 1.47 bits per heavy atom. The molecule has 0 fully saturated rings. The van der Waals surface area contributed by atoms with Crippen LogP contribution in [0.15, 0.2) is 132 Å². The molecular formula is C37H36Zr. The summed E-state index contributed by atoms with van der Waals surface area (Å²) in [5.41, 5.74) is 5.59. The monoisotopic (exact) mass is 570 g/mol. The zero-order valence-corrected chi connectivity index (χ0v) is 25.4. The molecule has 5 aromatic carbocycles. The molecule has 1 aliphatic rings. The van der Waals surface area contributed by atoms with Crippen LogP contribution in [0.2, 0.25) is 0 Å². The van der Waals surface area contributed by atoms with E-state index in [1.165, 1.54) is 71.3 Å². The van der Waals surface area contributed by atoms with Crippen LogP contribution in [0, 0.1) is 17.9 Å². The molecule has 0 aliphatic heterocycles. The summed E-state index contributed by atoms with van der Waals surface area (Å²) >= 11 is 1.46. The Bertz CT molecular complexity index is 1440. The standard InChI is InChI=1S/C13H9.C13H10.C11H17.Zr/c1-3-7-12-10(5-1)9-11-6-2-4-8-13(11)12;1-3-7-12(8-4-1)11-13-9-5-2-6-10-13;1-8(2)10-5-6-11(7-10)9(3)4;/h1-9H;1-10H;7-9H,5H2,1-4H3;/q-1;;-1;+2. The fraction of sp³-hybridized carbons (Fsp3) is 0.189. The predicted molar refractivity (Wildman–Crippen MR) is 162 cm³/mol. The van der Waals surface area contributed by atoms with Gasteiger partial charge in [0, 0.05) is 0 Å². The van der Waals surface area contributed by atoms with Gasteiger partial charge in [-0.25, -0.2) is 11.6 Å². The number of allylic oxidation sites excluding steroid dienone is 4. The van der Waals surface area contributed by atoms with Crippen LogP contribution in [-0.4, -0.2) is 3.21 Å². The molecule has 0 N–H and O–H groups in total. The van der Waals surface area contributed by atoms with Crippen molar-refractivity contribution in [1.29, 1.82) is 0 Å². The maximum atomic E-state index is 3.41. The van der Waals surface area contributed by atoms with E-state index in [1.54, 1.807) is 0 Å². The summed E-state index contributed by atoms with van der Waals surface area (Å²) in [4.78, 5) is 0. The average molecular weight is 572 g/mol. The maximum Gasteiger partial charge on any atom is -0.0771 e. The fourth-order valence-electron chi connectivity index (χ4n) is 4.53. The van der Waals surface area contributed by atoms with Crippen molar-refractivity contribution >= 4 is 24.8 Å². The van der Waals surface area contributed by atoms with Crippen LogP contribution in [0.4, 0.5) is 0 Å². The van der Waals surface area contributed by atoms with Crippen LogP contribution in [0.5, 0.6) is 0 Å². The maximum absolute atomic E-state index is 3.41. The Hall–Kier alpha value is -3.02. The van der Waals surface area contributed by atoms with Crippen molar-refractivity contribution < 1.29 is 24.2 Å².